The first-order valence-corrected chi connectivity index (χ1v) is 10.6. The van der Waals surface area contributed by atoms with Gasteiger partial charge in [0.15, 0.2) is 0 Å². The summed E-state index contributed by atoms with van der Waals surface area (Å²) in [6.07, 6.45) is 1.46. The smallest absolute Gasteiger partial charge is 0.338 e. The quantitative estimate of drug-likeness (QED) is 0.533. The minimum Gasteiger partial charge on any atom is -0.468 e. The van der Waals surface area contributed by atoms with Crippen LogP contribution in [0.4, 0.5) is 5.69 Å². The number of ether oxygens (including phenoxy) is 1. The van der Waals surface area contributed by atoms with Gasteiger partial charge in [0.2, 0.25) is 10.0 Å². The standard InChI is InChI=1S/C21H20N2O6S/c1-2-28-21(25)16-5-3-6-17(13-16)23-20(24)15-8-10-19(11-9-15)30(26,27)22-14-18-7-4-12-29-18/h3-13,22H,2,14H2,1H3,(H,23,24). The van der Waals surface area contributed by atoms with Crippen LogP contribution in [0.5, 0.6) is 0 Å². The number of carbonyl (C=O) groups is 2. The molecule has 1 aromatic heterocycles. The third kappa shape index (κ3) is 5.34. The van der Waals surface area contributed by atoms with E-state index in [0.29, 0.717) is 17.0 Å². The molecule has 3 rings (SSSR count). The van der Waals surface area contributed by atoms with Crippen LogP contribution in [0, 0.1) is 0 Å². The Hall–Kier alpha value is -3.43. The predicted molar refractivity (Wildman–Crippen MR) is 110 cm³/mol. The van der Waals surface area contributed by atoms with E-state index in [1.165, 1.54) is 36.6 Å². The molecule has 0 saturated carbocycles. The van der Waals surface area contributed by atoms with Gasteiger partial charge in [0.25, 0.3) is 5.91 Å². The second-order valence-corrected chi connectivity index (χ2v) is 7.95. The molecule has 8 nitrogen and oxygen atoms in total. The van der Waals surface area contributed by atoms with Gasteiger partial charge in [0, 0.05) is 11.3 Å². The van der Waals surface area contributed by atoms with E-state index in [-0.39, 0.29) is 23.6 Å². The molecule has 0 spiro atoms. The van der Waals surface area contributed by atoms with Crippen molar-refractivity contribution in [1.29, 1.82) is 0 Å². The van der Waals surface area contributed by atoms with Gasteiger partial charge >= 0.3 is 5.97 Å². The van der Waals surface area contributed by atoms with Crippen molar-refractivity contribution in [3.63, 3.8) is 0 Å². The van der Waals surface area contributed by atoms with E-state index in [0.717, 1.165) is 0 Å². The van der Waals surface area contributed by atoms with Gasteiger partial charge in [-0.3, -0.25) is 4.79 Å². The second kappa shape index (κ2) is 9.38. The molecule has 0 aliphatic carbocycles. The molecule has 9 heteroatoms. The summed E-state index contributed by atoms with van der Waals surface area (Å²) in [4.78, 5) is 24.3. The highest BCUT2D eigenvalue weighted by atomic mass is 32.2. The normalized spacial score (nSPS) is 11.1. The summed E-state index contributed by atoms with van der Waals surface area (Å²) in [6, 6.07) is 15.2. The zero-order valence-electron chi connectivity index (χ0n) is 16.1. The van der Waals surface area contributed by atoms with E-state index in [1.54, 1.807) is 37.3 Å². The van der Waals surface area contributed by atoms with Crippen molar-refractivity contribution in [1.82, 2.24) is 4.72 Å². The molecule has 30 heavy (non-hydrogen) atoms. The summed E-state index contributed by atoms with van der Waals surface area (Å²) in [5.41, 5.74) is 1.00. The number of anilines is 1. The lowest BCUT2D eigenvalue weighted by Gasteiger charge is -2.09. The highest BCUT2D eigenvalue weighted by Crippen LogP contribution is 2.15. The third-order valence-corrected chi connectivity index (χ3v) is 5.49. The van der Waals surface area contributed by atoms with Crippen LogP contribution in [0.1, 0.15) is 33.4 Å². The molecule has 156 valence electrons. The van der Waals surface area contributed by atoms with Crippen molar-refractivity contribution in [3.8, 4) is 0 Å². The topological polar surface area (TPSA) is 115 Å². The van der Waals surface area contributed by atoms with Crippen molar-refractivity contribution in [2.75, 3.05) is 11.9 Å². The van der Waals surface area contributed by atoms with Crippen LogP contribution < -0.4 is 10.0 Å². The van der Waals surface area contributed by atoms with Gasteiger partial charge in [-0.1, -0.05) is 6.07 Å². The fraction of sp³-hybridized carbons (Fsp3) is 0.143. The Labute approximate surface area is 173 Å². The molecule has 0 bridgehead atoms. The van der Waals surface area contributed by atoms with Crippen molar-refractivity contribution in [2.24, 2.45) is 0 Å². The average Bonchev–Trinajstić information content (AvgIpc) is 3.27. The molecule has 0 aliphatic heterocycles. The zero-order chi connectivity index (χ0) is 21.6. The van der Waals surface area contributed by atoms with Gasteiger partial charge in [-0.25, -0.2) is 17.9 Å². The number of furan rings is 1. The zero-order valence-corrected chi connectivity index (χ0v) is 16.9. The average molecular weight is 428 g/mol. The van der Waals surface area contributed by atoms with Crippen molar-refractivity contribution in [3.05, 3.63) is 83.8 Å². The van der Waals surface area contributed by atoms with Gasteiger partial charge < -0.3 is 14.5 Å². The van der Waals surface area contributed by atoms with E-state index >= 15 is 0 Å². The highest BCUT2D eigenvalue weighted by Gasteiger charge is 2.16. The summed E-state index contributed by atoms with van der Waals surface area (Å²) < 4.78 is 37.2. The van der Waals surface area contributed by atoms with E-state index in [2.05, 4.69) is 10.0 Å². The van der Waals surface area contributed by atoms with Crippen LogP contribution in [-0.2, 0) is 21.3 Å². The van der Waals surface area contributed by atoms with Gasteiger partial charge in [-0.2, -0.15) is 0 Å². The van der Waals surface area contributed by atoms with Crippen LogP contribution in [0.3, 0.4) is 0 Å². The number of benzene rings is 2. The summed E-state index contributed by atoms with van der Waals surface area (Å²) in [5.74, 6) is -0.437. The van der Waals surface area contributed by atoms with E-state index < -0.39 is 21.9 Å². The minimum absolute atomic E-state index is 0.0222. The molecule has 3 aromatic rings. The fourth-order valence-electron chi connectivity index (χ4n) is 2.59. The van der Waals surface area contributed by atoms with Crippen molar-refractivity contribution < 1.29 is 27.2 Å². The van der Waals surface area contributed by atoms with Gasteiger partial charge in [0.05, 0.1) is 29.9 Å². The molecule has 0 aliphatic rings. The fourth-order valence-corrected chi connectivity index (χ4v) is 3.58. The van der Waals surface area contributed by atoms with Gasteiger partial charge in [-0.15, -0.1) is 0 Å². The Kier molecular flexibility index (Phi) is 6.65. The summed E-state index contributed by atoms with van der Waals surface area (Å²) in [7, 11) is -3.75. The van der Waals surface area contributed by atoms with Crippen LogP contribution >= 0.6 is 0 Å². The monoisotopic (exact) mass is 428 g/mol. The molecule has 0 fully saturated rings. The maximum Gasteiger partial charge on any atom is 0.338 e. The number of hydrogen-bond acceptors (Lipinski definition) is 6. The van der Waals surface area contributed by atoms with Crippen LogP contribution in [-0.4, -0.2) is 26.9 Å². The Morgan fingerprint density at radius 2 is 1.77 bits per heavy atom. The maximum atomic E-state index is 12.5. The Balaban J connectivity index is 1.66. The Bertz CT molecular complexity index is 1120. The number of hydrogen-bond donors (Lipinski definition) is 2. The number of esters is 1. The van der Waals surface area contributed by atoms with Crippen molar-refractivity contribution in [2.45, 2.75) is 18.4 Å². The van der Waals surface area contributed by atoms with Crippen LogP contribution in [0.25, 0.3) is 0 Å². The van der Waals surface area contributed by atoms with Crippen LogP contribution in [0.15, 0.2) is 76.2 Å². The summed E-state index contributed by atoms with van der Waals surface area (Å²) in [6.45, 7) is 1.98. The van der Waals surface area contributed by atoms with Crippen LogP contribution in [0.2, 0.25) is 0 Å². The maximum absolute atomic E-state index is 12.5. The lowest BCUT2D eigenvalue weighted by molar-refractivity contribution is 0.0526. The summed E-state index contributed by atoms with van der Waals surface area (Å²) >= 11 is 0. The molecule has 0 radical (unpaired) electrons. The minimum atomic E-state index is -3.75. The van der Waals surface area contributed by atoms with Gasteiger partial charge in [-0.05, 0) is 61.5 Å². The molecule has 2 N–H and O–H groups in total. The number of rotatable bonds is 8. The van der Waals surface area contributed by atoms with E-state index in [4.69, 9.17) is 9.15 Å². The largest absolute Gasteiger partial charge is 0.468 e. The van der Waals surface area contributed by atoms with Crippen molar-refractivity contribution >= 4 is 27.6 Å². The number of carbonyl (C=O) groups excluding carboxylic acids is 2. The first-order chi connectivity index (χ1) is 14.4. The first-order valence-electron chi connectivity index (χ1n) is 9.09. The number of nitrogens with one attached hydrogen (secondary N) is 2. The molecule has 1 amide bonds. The molecule has 0 atom stereocenters. The lowest BCUT2D eigenvalue weighted by Crippen LogP contribution is -2.23. The Morgan fingerprint density at radius 3 is 2.43 bits per heavy atom. The highest BCUT2D eigenvalue weighted by molar-refractivity contribution is 7.89. The molecular formula is C21H20N2O6S. The lowest BCUT2D eigenvalue weighted by atomic mass is 10.1. The molecule has 2 aromatic carbocycles. The second-order valence-electron chi connectivity index (χ2n) is 6.18. The van der Waals surface area contributed by atoms with E-state index in [9.17, 15) is 18.0 Å². The Morgan fingerprint density at radius 1 is 1.00 bits per heavy atom. The van der Waals surface area contributed by atoms with Gasteiger partial charge in [0.1, 0.15) is 5.76 Å². The first kappa shape index (κ1) is 21.3. The summed E-state index contributed by atoms with van der Waals surface area (Å²) in [5, 5.41) is 2.67. The SMILES string of the molecule is CCOC(=O)c1cccc(NC(=O)c2ccc(S(=O)(=O)NCc3ccco3)cc2)c1. The number of sulfonamides is 1. The molecule has 0 saturated heterocycles. The molecule has 1 heterocycles. The van der Waals surface area contributed by atoms with E-state index in [1.807, 2.05) is 0 Å². The predicted octanol–water partition coefficient (Wildman–Crippen LogP) is 3.19. The molecule has 0 unspecified atom stereocenters. The third-order valence-electron chi connectivity index (χ3n) is 4.07. The number of amides is 1. The molecular weight excluding hydrogens is 408 g/mol.